The van der Waals surface area contributed by atoms with Crippen LogP contribution in [0.15, 0.2) is 0 Å². The van der Waals surface area contributed by atoms with Crippen molar-refractivity contribution in [3.63, 3.8) is 0 Å². The molecule has 0 aliphatic rings. The Morgan fingerprint density at radius 3 is 1.92 bits per heavy atom. The molecule has 4 nitrogen and oxygen atoms in total. The van der Waals surface area contributed by atoms with Gasteiger partial charge >= 0.3 is 0 Å². The van der Waals surface area contributed by atoms with Crippen molar-refractivity contribution in [2.75, 3.05) is 19.6 Å². The van der Waals surface area contributed by atoms with E-state index < -0.39 is 0 Å². The van der Waals surface area contributed by atoms with E-state index in [0.29, 0.717) is 13.1 Å². The minimum Gasteiger partial charge on any atom is -0.392 e. The topological polar surface area (TPSA) is 55.7 Å². The molecule has 0 saturated heterocycles. The summed E-state index contributed by atoms with van der Waals surface area (Å²) in [6.07, 6.45) is 0.294. The second-order valence-corrected chi connectivity index (χ2v) is 3.51. The lowest BCUT2D eigenvalue weighted by atomic mass is 10.3. The minimum absolute atomic E-state index is 0.372. The Morgan fingerprint density at radius 1 is 1.15 bits per heavy atom. The molecule has 0 fully saturated rings. The van der Waals surface area contributed by atoms with Crippen molar-refractivity contribution < 1.29 is 10.2 Å². The summed E-state index contributed by atoms with van der Waals surface area (Å²) in [4.78, 5) is 0. The highest BCUT2D eigenvalue weighted by Crippen LogP contribution is 1.91. The van der Waals surface area contributed by atoms with Gasteiger partial charge in [0.2, 0.25) is 0 Å². The monoisotopic (exact) mass is 190 g/mol. The van der Waals surface area contributed by atoms with E-state index in [1.807, 2.05) is 5.01 Å². The van der Waals surface area contributed by atoms with Crippen LogP contribution in [0.2, 0.25) is 0 Å². The van der Waals surface area contributed by atoms with Gasteiger partial charge in [0.1, 0.15) is 0 Å². The predicted molar refractivity (Wildman–Crippen MR) is 53.2 cm³/mol. The second kappa shape index (κ2) is 7.26. The van der Waals surface area contributed by atoms with Crippen LogP contribution in [0.4, 0.5) is 0 Å². The highest BCUT2D eigenvalue weighted by atomic mass is 16.3. The first-order chi connectivity index (χ1) is 6.06. The van der Waals surface area contributed by atoms with Crippen LogP contribution in [0, 0.1) is 0 Å². The Bertz CT molecular complexity index is 108. The maximum atomic E-state index is 9.17. The van der Waals surface area contributed by atoms with Crippen molar-refractivity contribution in [1.29, 1.82) is 0 Å². The lowest BCUT2D eigenvalue weighted by Crippen LogP contribution is -2.45. The maximum Gasteiger partial charge on any atom is 0.0653 e. The lowest BCUT2D eigenvalue weighted by Gasteiger charge is -2.25. The van der Waals surface area contributed by atoms with Crippen molar-refractivity contribution >= 4 is 0 Å². The molecule has 4 heteroatoms. The van der Waals surface area contributed by atoms with E-state index in [9.17, 15) is 10.2 Å². The Kier molecular flexibility index (Phi) is 7.17. The van der Waals surface area contributed by atoms with Gasteiger partial charge in [0.25, 0.3) is 0 Å². The van der Waals surface area contributed by atoms with Crippen LogP contribution in [-0.2, 0) is 0 Å². The van der Waals surface area contributed by atoms with E-state index in [4.69, 9.17) is 0 Å². The molecule has 0 amide bonds. The van der Waals surface area contributed by atoms with Crippen molar-refractivity contribution in [3.05, 3.63) is 0 Å². The Hall–Kier alpha value is -0.160. The van der Waals surface area contributed by atoms with Gasteiger partial charge in [-0.1, -0.05) is 6.92 Å². The highest BCUT2D eigenvalue weighted by Gasteiger charge is 2.09. The second-order valence-electron chi connectivity index (χ2n) is 3.51. The summed E-state index contributed by atoms with van der Waals surface area (Å²) in [6.45, 7) is 7.52. The van der Waals surface area contributed by atoms with Crippen molar-refractivity contribution in [2.45, 2.75) is 39.4 Å². The number of hydrazine groups is 1. The number of hydrogen-bond acceptors (Lipinski definition) is 4. The Labute approximate surface area is 80.5 Å². The van der Waals surface area contributed by atoms with Crippen LogP contribution in [0.3, 0.4) is 0 Å². The first-order valence-corrected chi connectivity index (χ1v) is 4.90. The predicted octanol–water partition coefficient (Wildman–Crippen LogP) is -0.0354. The van der Waals surface area contributed by atoms with Gasteiger partial charge in [0.05, 0.1) is 12.2 Å². The molecule has 0 aromatic heterocycles. The summed E-state index contributed by atoms with van der Waals surface area (Å²) in [5.41, 5.74) is 3.15. The number of nitrogens with zero attached hydrogens (tertiary/aromatic N) is 1. The number of aliphatic hydroxyl groups is 2. The minimum atomic E-state index is -0.372. The van der Waals surface area contributed by atoms with E-state index in [2.05, 4.69) is 12.3 Å². The molecule has 13 heavy (non-hydrogen) atoms. The number of nitrogens with one attached hydrogen (secondary N) is 1. The fraction of sp³-hybridized carbons (Fsp3) is 1.00. The smallest absolute Gasteiger partial charge is 0.0653 e. The SMILES string of the molecule is CCCNN(CC(C)O)CC(C)O. The summed E-state index contributed by atoms with van der Waals surface area (Å²) in [5, 5.41) is 20.2. The van der Waals surface area contributed by atoms with Crippen LogP contribution in [0.25, 0.3) is 0 Å². The molecule has 0 rings (SSSR count). The van der Waals surface area contributed by atoms with Crippen molar-refractivity contribution in [3.8, 4) is 0 Å². The maximum absolute atomic E-state index is 9.17. The molecular formula is C9H22N2O2. The van der Waals surface area contributed by atoms with Gasteiger partial charge in [0, 0.05) is 19.6 Å². The average Bonchev–Trinajstić information content (AvgIpc) is 1.98. The molecule has 0 aromatic carbocycles. The molecular weight excluding hydrogens is 168 g/mol. The number of aliphatic hydroxyl groups excluding tert-OH is 2. The Morgan fingerprint density at radius 2 is 1.62 bits per heavy atom. The summed E-state index contributed by atoms with van der Waals surface area (Å²) >= 11 is 0. The van der Waals surface area contributed by atoms with Crippen LogP contribution in [0.5, 0.6) is 0 Å². The first kappa shape index (κ1) is 12.8. The quantitative estimate of drug-likeness (QED) is 0.493. The normalized spacial score (nSPS) is 16.2. The molecule has 0 spiro atoms. The molecule has 0 aliphatic carbocycles. The van der Waals surface area contributed by atoms with Crippen LogP contribution in [0.1, 0.15) is 27.2 Å². The van der Waals surface area contributed by atoms with E-state index in [1.165, 1.54) is 0 Å². The molecule has 0 saturated carbocycles. The van der Waals surface area contributed by atoms with E-state index in [0.717, 1.165) is 13.0 Å². The van der Waals surface area contributed by atoms with Gasteiger partial charge in [-0.15, -0.1) is 0 Å². The molecule has 0 radical (unpaired) electrons. The lowest BCUT2D eigenvalue weighted by molar-refractivity contribution is 0.0520. The zero-order valence-corrected chi connectivity index (χ0v) is 8.82. The highest BCUT2D eigenvalue weighted by molar-refractivity contribution is 4.60. The third-order valence-corrected chi connectivity index (χ3v) is 1.55. The number of hydrogen-bond donors (Lipinski definition) is 3. The molecule has 0 bridgehead atoms. The standard InChI is InChI=1S/C9H22N2O2/c1-4-5-10-11(6-8(2)12)7-9(3)13/h8-10,12-13H,4-7H2,1-3H3. The molecule has 2 atom stereocenters. The van der Waals surface area contributed by atoms with Crippen molar-refractivity contribution in [1.82, 2.24) is 10.4 Å². The zero-order valence-electron chi connectivity index (χ0n) is 8.82. The van der Waals surface area contributed by atoms with E-state index in [-0.39, 0.29) is 12.2 Å². The summed E-state index contributed by atoms with van der Waals surface area (Å²) in [7, 11) is 0. The summed E-state index contributed by atoms with van der Waals surface area (Å²) < 4.78 is 0. The third-order valence-electron chi connectivity index (χ3n) is 1.55. The molecule has 0 aromatic rings. The molecule has 3 N–H and O–H groups in total. The fourth-order valence-electron chi connectivity index (χ4n) is 1.11. The molecule has 0 heterocycles. The molecule has 0 aliphatic heterocycles. The largest absolute Gasteiger partial charge is 0.392 e. The summed E-state index contributed by atoms with van der Waals surface area (Å²) in [6, 6.07) is 0. The average molecular weight is 190 g/mol. The molecule has 80 valence electrons. The van der Waals surface area contributed by atoms with Gasteiger partial charge in [-0.2, -0.15) is 0 Å². The summed E-state index contributed by atoms with van der Waals surface area (Å²) in [5.74, 6) is 0. The van der Waals surface area contributed by atoms with Gasteiger partial charge in [-0.25, -0.2) is 5.01 Å². The van der Waals surface area contributed by atoms with E-state index in [1.54, 1.807) is 13.8 Å². The van der Waals surface area contributed by atoms with Crippen LogP contribution >= 0.6 is 0 Å². The first-order valence-electron chi connectivity index (χ1n) is 4.90. The molecule has 2 unspecified atom stereocenters. The zero-order chi connectivity index (χ0) is 10.3. The van der Waals surface area contributed by atoms with Gasteiger partial charge in [-0.3, -0.25) is 5.43 Å². The van der Waals surface area contributed by atoms with Gasteiger partial charge in [-0.05, 0) is 20.3 Å². The van der Waals surface area contributed by atoms with Gasteiger partial charge in [0.15, 0.2) is 0 Å². The van der Waals surface area contributed by atoms with Gasteiger partial charge < -0.3 is 10.2 Å². The Balaban J connectivity index is 3.73. The fourth-order valence-corrected chi connectivity index (χ4v) is 1.11. The van der Waals surface area contributed by atoms with Crippen LogP contribution in [-0.4, -0.2) is 47.1 Å². The van der Waals surface area contributed by atoms with Crippen LogP contribution < -0.4 is 5.43 Å². The van der Waals surface area contributed by atoms with E-state index >= 15 is 0 Å². The van der Waals surface area contributed by atoms with Crippen molar-refractivity contribution in [2.24, 2.45) is 0 Å². The third kappa shape index (κ3) is 8.18. The number of rotatable bonds is 7.